The van der Waals surface area contributed by atoms with Crippen molar-refractivity contribution in [2.24, 2.45) is 0 Å². The second kappa shape index (κ2) is 5.72. The summed E-state index contributed by atoms with van der Waals surface area (Å²) in [6, 6.07) is 9.80. The molecule has 7 heteroatoms. The Kier molecular flexibility index (Phi) is 3.61. The van der Waals surface area contributed by atoms with Gasteiger partial charge in [-0.25, -0.2) is 4.79 Å². The molecule has 0 radical (unpaired) electrons. The molecule has 0 amide bonds. The van der Waals surface area contributed by atoms with Crippen LogP contribution in [-0.4, -0.2) is 32.8 Å². The number of pyridine rings is 1. The summed E-state index contributed by atoms with van der Waals surface area (Å²) in [6.07, 6.45) is 1.74. The lowest BCUT2D eigenvalue weighted by Gasteiger charge is -2.06. The predicted molar refractivity (Wildman–Crippen MR) is 76.8 cm³/mol. The van der Waals surface area contributed by atoms with Gasteiger partial charge in [0, 0.05) is 12.3 Å². The molecule has 0 bridgehead atoms. The second-order valence-electron chi connectivity index (χ2n) is 4.51. The molecule has 112 valence electrons. The molecule has 0 atom stereocenters. The second-order valence-corrected chi connectivity index (χ2v) is 4.51. The molecule has 0 saturated heterocycles. The highest BCUT2D eigenvalue weighted by atomic mass is 16.5. The van der Waals surface area contributed by atoms with Gasteiger partial charge in [0.1, 0.15) is 23.7 Å². The van der Waals surface area contributed by atoms with E-state index in [0.29, 0.717) is 22.8 Å². The first-order valence-electron chi connectivity index (χ1n) is 6.52. The van der Waals surface area contributed by atoms with Crippen LogP contribution in [0.2, 0.25) is 0 Å². The van der Waals surface area contributed by atoms with Crippen molar-refractivity contribution in [2.45, 2.75) is 6.61 Å². The zero-order chi connectivity index (χ0) is 15.5. The van der Waals surface area contributed by atoms with Crippen LogP contribution in [0, 0.1) is 0 Å². The molecule has 0 saturated carbocycles. The molecule has 0 fully saturated rings. The molecule has 3 rings (SSSR count). The lowest BCUT2D eigenvalue weighted by Crippen LogP contribution is -2.06. The number of methoxy groups -OCH3 is 1. The first kappa shape index (κ1) is 13.9. The number of esters is 1. The number of carbonyl (C=O) groups excluding carboxylic acids is 1. The Balaban J connectivity index is 1.87. The number of benzene rings is 1. The lowest BCUT2D eigenvalue weighted by molar-refractivity contribution is 0.0602. The highest BCUT2D eigenvalue weighted by Gasteiger charge is 2.15. The summed E-state index contributed by atoms with van der Waals surface area (Å²) in [5.74, 6) is 0.694. The van der Waals surface area contributed by atoms with Crippen LogP contribution in [0.3, 0.4) is 0 Å². The van der Waals surface area contributed by atoms with E-state index in [4.69, 9.17) is 9.47 Å². The van der Waals surface area contributed by atoms with Crippen molar-refractivity contribution in [1.29, 1.82) is 0 Å². The summed E-state index contributed by atoms with van der Waals surface area (Å²) >= 11 is 0. The maximum atomic E-state index is 11.7. The zero-order valence-electron chi connectivity index (χ0n) is 11.8. The summed E-state index contributed by atoms with van der Waals surface area (Å²) in [6.45, 7) is 0.148. The fourth-order valence-corrected chi connectivity index (χ4v) is 2.05. The lowest BCUT2D eigenvalue weighted by atomic mass is 10.3. The van der Waals surface area contributed by atoms with Gasteiger partial charge in [-0.1, -0.05) is 6.07 Å². The highest BCUT2D eigenvalue weighted by molar-refractivity contribution is 5.95. The first-order valence-corrected chi connectivity index (χ1v) is 6.52. The van der Waals surface area contributed by atoms with Crippen LogP contribution in [0.25, 0.3) is 5.65 Å². The maximum absolute atomic E-state index is 11.7. The minimum Gasteiger partial charge on any atom is -0.508 e. The molecule has 22 heavy (non-hydrogen) atoms. The van der Waals surface area contributed by atoms with Crippen LogP contribution < -0.4 is 4.74 Å². The smallest absolute Gasteiger partial charge is 0.341 e. The molecular weight excluding hydrogens is 286 g/mol. The fraction of sp³-hybridized carbons (Fsp3) is 0.133. The van der Waals surface area contributed by atoms with Gasteiger partial charge >= 0.3 is 5.97 Å². The molecule has 0 aliphatic rings. The summed E-state index contributed by atoms with van der Waals surface area (Å²) in [7, 11) is 1.31. The van der Waals surface area contributed by atoms with Crippen LogP contribution >= 0.6 is 0 Å². The first-order chi connectivity index (χ1) is 10.7. The molecule has 0 aliphatic carbocycles. The topological polar surface area (TPSA) is 86.0 Å². The molecule has 0 aliphatic heterocycles. The zero-order valence-corrected chi connectivity index (χ0v) is 11.8. The van der Waals surface area contributed by atoms with Gasteiger partial charge in [0.05, 0.1) is 7.11 Å². The fourth-order valence-electron chi connectivity index (χ4n) is 2.05. The van der Waals surface area contributed by atoms with Gasteiger partial charge in [-0.05, 0) is 24.3 Å². The standard InChI is InChI=1S/C15H13N3O4/c1-21-15(20)12-6-3-7-18-13(16-17-14(12)18)9-22-11-5-2-4-10(19)8-11/h2-8,19H,9H2,1H3. The number of rotatable bonds is 4. The number of hydrogen-bond acceptors (Lipinski definition) is 6. The van der Waals surface area contributed by atoms with Crippen LogP contribution in [0.1, 0.15) is 16.2 Å². The molecule has 1 aromatic carbocycles. The molecule has 0 spiro atoms. The van der Waals surface area contributed by atoms with E-state index in [2.05, 4.69) is 10.2 Å². The quantitative estimate of drug-likeness (QED) is 0.739. The van der Waals surface area contributed by atoms with Crippen molar-refractivity contribution in [1.82, 2.24) is 14.6 Å². The van der Waals surface area contributed by atoms with E-state index in [1.54, 1.807) is 40.9 Å². The van der Waals surface area contributed by atoms with E-state index < -0.39 is 5.97 Å². The van der Waals surface area contributed by atoms with Crippen LogP contribution in [0.15, 0.2) is 42.6 Å². The SMILES string of the molecule is COC(=O)c1cccn2c(COc3cccc(O)c3)nnc12. The Morgan fingerprint density at radius 3 is 2.91 bits per heavy atom. The molecule has 0 unspecified atom stereocenters. The molecule has 1 N–H and O–H groups in total. The number of fused-ring (bicyclic) bond motifs is 1. The Morgan fingerprint density at radius 2 is 2.14 bits per heavy atom. The minimum atomic E-state index is -0.474. The van der Waals surface area contributed by atoms with Crippen molar-refractivity contribution in [2.75, 3.05) is 7.11 Å². The Morgan fingerprint density at radius 1 is 1.27 bits per heavy atom. The van der Waals surface area contributed by atoms with Gasteiger partial charge in [0.2, 0.25) is 0 Å². The molecule has 7 nitrogen and oxygen atoms in total. The normalized spacial score (nSPS) is 10.6. The molecular formula is C15H13N3O4. The van der Waals surface area contributed by atoms with Gasteiger partial charge in [0.25, 0.3) is 0 Å². The Labute approximate surface area is 125 Å². The third-order valence-corrected chi connectivity index (χ3v) is 3.10. The van der Waals surface area contributed by atoms with Gasteiger partial charge in [0.15, 0.2) is 11.5 Å². The van der Waals surface area contributed by atoms with E-state index in [9.17, 15) is 9.90 Å². The predicted octanol–water partition coefficient (Wildman–Crippen LogP) is 1.80. The number of carbonyl (C=O) groups is 1. The van der Waals surface area contributed by atoms with Crippen LogP contribution in [0.4, 0.5) is 0 Å². The van der Waals surface area contributed by atoms with Gasteiger partial charge in [-0.15, -0.1) is 10.2 Å². The number of nitrogens with zero attached hydrogens (tertiary/aromatic N) is 3. The number of ether oxygens (including phenoxy) is 2. The van der Waals surface area contributed by atoms with Crippen LogP contribution in [-0.2, 0) is 11.3 Å². The highest BCUT2D eigenvalue weighted by Crippen LogP contribution is 2.19. The van der Waals surface area contributed by atoms with Crippen molar-refractivity contribution >= 4 is 11.6 Å². The van der Waals surface area contributed by atoms with Crippen molar-refractivity contribution in [3.63, 3.8) is 0 Å². The molecule has 2 aromatic heterocycles. The minimum absolute atomic E-state index is 0.122. The van der Waals surface area contributed by atoms with Gasteiger partial charge in [-0.3, -0.25) is 4.40 Å². The van der Waals surface area contributed by atoms with Crippen LogP contribution in [0.5, 0.6) is 11.5 Å². The number of aromatic nitrogens is 3. The largest absolute Gasteiger partial charge is 0.508 e. The van der Waals surface area contributed by atoms with Gasteiger partial charge in [-0.2, -0.15) is 0 Å². The third-order valence-electron chi connectivity index (χ3n) is 3.10. The maximum Gasteiger partial charge on any atom is 0.341 e. The summed E-state index contributed by atoms with van der Waals surface area (Å²) in [5, 5.41) is 17.4. The number of hydrogen-bond donors (Lipinski definition) is 1. The summed E-state index contributed by atoms with van der Waals surface area (Å²) in [4.78, 5) is 11.7. The van der Waals surface area contributed by atoms with Crippen molar-refractivity contribution in [3.05, 3.63) is 54.0 Å². The summed E-state index contributed by atoms with van der Waals surface area (Å²) in [5.41, 5.74) is 0.741. The number of phenolic OH excluding ortho intramolecular Hbond substituents is 1. The van der Waals surface area contributed by atoms with Crippen molar-refractivity contribution < 1.29 is 19.4 Å². The molecule has 3 aromatic rings. The average molecular weight is 299 g/mol. The van der Waals surface area contributed by atoms with E-state index in [-0.39, 0.29) is 12.4 Å². The number of aromatic hydroxyl groups is 1. The Bertz CT molecular complexity index is 829. The van der Waals surface area contributed by atoms with Gasteiger partial charge < -0.3 is 14.6 Å². The van der Waals surface area contributed by atoms with Crippen molar-refractivity contribution in [3.8, 4) is 11.5 Å². The average Bonchev–Trinajstić information content (AvgIpc) is 2.95. The van der Waals surface area contributed by atoms with E-state index in [1.165, 1.54) is 13.2 Å². The third kappa shape index (κ3) is 2.56. The van der Waals surface area contributed by atoms with E-state index >= 15 is 0 Å². The monoisotopic (exact) mass is 299 g/mol. The molecule has 2 heterocycles. The summed E-state index contributed by atoms with van der Waals surface area (Å²) < 4.78 is 11.9. The van der Waals surface area contributed by atoms with E-state index in [0.717, 1.165) is 0 Å². The number of phenols is 1. The Hall–Kier alpha value is -3.09. The van der Waals surface area contributed by atoms with E-state index in [1.807, 2.05) is 0 Å².